The maximum atomic E-state index is 12.6. The number of carbonyl (C=O) groups is 1. The van der Waals surface area contributed by atoms with Crippen LogP contribution in [0.5, 0.6) is 0 Å². The molecule has 0 radical (unpaired) electrons. The number of amides is 2. The van der Waals surface area contributed by atoms with Crippen LogP contribution in [0.2, 0.25) is 0 Å². The Kier molecular flexibility index (Phi) is 5.10. The van der Waals surface area contributed by atoms with Crippen LogP contribution in [-0.4, -0.2) is 48.8 Å². The first-order chi connectivity index (χ1) is 13.6. The van der Waals surface area contributed by atoms with Crippen molar-refractivity contribution < 1.29 is 4.79 Å². The number of benzene rings is 1. The summed E-state index contributed by atoms with van der Waals surface area (Å²) in [5, 5.41) is 10.2. The van der Waals surface area contributed by atoms with Gasteiger partial charge in [0.25, 0.3) is 0 Å². The topological polar surface area (TPSA) is 91.7 Å². The van der Waals surface area contributed by atoms with Crippen molar-refractivity contribution in [2.75, 3.05) is 13.1 Å². The normalized spacial score (nSPS) is 16.9. The molecule has 1 fully saturated rings. The minimum Gasteiger partial charge on any atom is -0.334 e. The lowest BCUT2D eigenvalue weighted by Gasteiger charge is -2.31. The summed E-state index contributed by atoms with van der Waals surface area (Å²) < 4.78 is 2.03. The number of nitrogens with one attached hydrogen (secondary N) is 2. The maximum Gasteiger partial charge on any atom is 0.317 e. The molecule has 2 aromatic heterocycles. The van der Waals surface area contributed by atoms with Gasteiger partial charge >= 0.3 is 6.03 Å². The number of likely N-dealkylation sites (tertiary alicyclic amines) is 1. The number of carbonyl (C=O) groups excluding carboxylic acids is 1. The Labute approximate surface area is 164 Å². The quantitative estimate of drug-likeness (QED) is 0.729. The van der Waals surface area contributed by atoms with Crippen molar-refractivity contribution in [1.82, 2.24) is 34.9 Å². The van der Waals surface area contributed by atoms with Crippen molar-refractivity contribution in [2.24, 2.45) is 0 Å². The summed E-state index contributed by atoms with van der Waals surface area (Å²) in [6.45, 7) is 5.79. The molecule has 28 heavy (non-hydrogen) atoms. The molecule has 8 nitrogen and oxygen atoms in total. The molecule has 2 N–H and O–H groups in total. The highest BCUT2D eigenvalue weighted by atomic mass is 16.2. The van der Waals surface area contributed by atoms with Gasteiger partial charge in [-0.25, -0.2) is 14.8 Å². The lowest BCUT2D eigenvalue weighted by molar-refractivity contribution is 0.178. The molecule has 1 aliphatic heterocycles. The van der Waals surface area contributed by atoms with Crippen LogP contribution in [0.1, 0.15) is 41.8 Å². The minimum atomic E-state index is -0.0357. The summed E-state index contributed by atoms with van der Waals surface area (Å²) in [5.74, 6) is 2.76. The zero-order chi connectivity index (χ0) is 19.5. The monoisotopic (exact) mass is 379 g/mol. The molecule has 8 heteroatoms. The van der Waals surface area contributed by atoms with Crippen molar-refractivity contribution >= 4 is 6.03 Å². The van der Waals surface area contributed by atoms with Gasteiger partial charge < -0.3 is 14.8 Å². The Morgan fingerprint density at radius 2 is 2.11 bits per heavy atom. The number of nitrogens with zero attached hydrogens (tertiary/aromatic N) is 5. The van der Waals surface area contributed by atoms with E-state index >= 15 is 0 Å². The fourth-order valence-corrected chi connectivity index (χ4v) is 3.63. The van der Waals surface area contributed by atoms with Crippen LogP contribution < -0.4 is 5.32 Å². The Balaban J connectivity index is 1.33. The molecule has 146 valence electrons. The molecule has 0 saturated carbocycles. The van der Waals surface area contributed by atoms with E-state index in [0.717, 1.165) is 48.1 Å². The predicted molar refractivity (Wildman–Crippen MR) is 105 cm³/mol. The maximum absolute atomic E-state index is 12.6. The van der Waals surface area contributed by atoms with Crippen LogP contribution >= 0.6 is 0 Å². The van der Waals surface area contributed by atoms with Crippen molar-refractivity contribution in [3.8, 4) is 5.69 Å². The Morgan fingerprint density at radius 3 is 2.79 bits per heavy atom. The fraction of sp³-hybridized carbons (Fsp3) is 0.400. The van der Waals surface area contributed by atoms with E-state index in [2.05, 4.69) is 25.5 Å². The Morgan fingerprint density at radius 1 is 1.29 bits per heavy atom. The molecular weight excluding hydrogens is 354 g/mol. The minimum absolute atomic E-state index is 0.0357. The highest BCUT2D eigenvalue weighted by Crippen LogP contribution is 2.24. The molecule has 1 aliphatic rings. The third-order valence-electron chi connectivity index (χ3n) is 5.17. The number of urea groups is 1. The summed E-state index contributed by atoms with van der Waals surface area (Å²) >= 11 is 0. The average molecular weight is 379 g/mol. The molecule has 1 aromatic carbocycles. The van der Waals surface area contributed by atoms with Gasteiger partial charge in [-0.15, -0.1) is 0 Å². The van der Waals surface area contributed by atoms with Gasteiger partial charge in [0.15, 0.2) is 5.82 Å². The standard InChI is InChI=1S/C20H25N7O/c1-14-23-19(25-24-14)17-4-3-10-26(13-17)20(28)22-12-16-5-7-18(8-6-16)27-11-9-21-15(27)2/h5-9,11,17H,3-4,10,12-13H2,1-2H3,(H,22,28)(H,23,24,25)/t17-/m1/s1. The summed E-state index contributed by atoms with van der Waals surface area (Å²) in [6, 6.07) is 8.11. The lowest BCUT2D eigenvalue weighted by Crippen LogP contribution is -2.44. The summed E-state index contributed by atoms with van der Waals surface area (Å²) in [5.41, 5.74) is 2.12. The molecule has 3 heterocycles. The first-order valence-electron chi connectivity index (χ1n) is 9.61. The van der Waals surface area contributed by atoms with Gasteiger partial charge in [-0.1, -0.05) is 12.1 Å². The van der Waals surface area contributed by atoms with E-state index in [1.54, 1.807) is 6.20 Å². The molecule has 1 atom stereocenters. The Hall–Kier alpha value is -3.16. The van der Waals surface area contributed by atoms with E-state index < -0.39 is 0 Å². The van der Waals surface area contributed by atoms with E-state index in [1.807, 2.05) is 53.8 Å². The van der Waals surface area contributed by atoms with Gasteiger partial charge in [-0.3, -0.25) is 5.10 Å². The van der Waals surface area contributed by atoms with Gasteiger partial charge in [0.1, 0.15) is 11.6 Å². The third-order valence-corrected chi connectivity index (χ3v) is 5.17. The number of H-pyrrole nitrogens is 1. The van der Waals surface area contributed by atoms with Crippen LogP contribution in [0.15, 0.2) is 36.7 Å². The SMILES string of the molecule is Cc1nc([C@@H]2CCCN(C(=O)NCc3ccc(-n4ccnc4C)cc3)C2)n[nH]1. The van der Waals surface area contributed by atoms with Crippen molar-refractivity contribution in [3.05, 3.63) is 59.7 Å². The molecule has 2 amide bonds. The Bertz CT molecular complexity index is 944. The lowest BCUT2D eigenvalue weighted by atomic mass is 9.98. The second kappa shape index (κ2) is 7.84. The first-order valence-corrected chi connectivity index (χ1v) is 9.61. The van der Waals surface area contributed by atoms with Gasteiger partial charge in [-0.05, 0) is 44.4 Å². The molecule has 0 aliphatic carbocycles. The van der Waals surface area contributed by atoms with E-state index in [9.17, 15) is 4.79 Å². The zero-order valence-corrected chi connectivity index (χ0v) is 16.2. The third kappa shape index (κ3) is 3.90. The van der Waals surface area contributed by atoms with Gasteiger partial charge in [0.05, 0.1) is 0 Å². The number of hydrogen-bond acceptors (Lipinski definition) is 4. The summed E-state index contributed by atoms with van der Waals surface area (Å²) in [6.07, 6.45) is 5.70. The van der Waals surface area contributed by atoms with E-state index in [-0.39, 0.29) is 11.9 Å². The van der Waals surface area contributed by atoms with Gasteiger partial charge in [0, 0.05) is 43.6 Å². The average Bonchev–Trinajstić information content (AvgIpc) is 3.35. The number of aromatic amines is 1. The van der Waals surface area contributed by atoms with Crippen molar-refractivity contribution in [2.45, 2.75) is 39.2 Å². The van der Waals surface area contributed by atoms with Crippen LogP contribution in [0, 0.1) is 13.8 Å². The molecule has 4 rings (SSSR count). The van der Waals surface area contributed by atoms with Gasteiger partial charge in [0.2, 0.25) is 0 Å². The number of imidazole rings is 1. The van der Waals surface area contributed by atoms with E-state index in [4.69, 9.17) is 0 Å². The summed E-state index contributed by atoms with van der Waals surface area (Å²) in [4.78, 5) is 23.1. The van der Waals surface area contributed by atoms with Crippen LogP contribution in [0.3, 0.4) is 0 Å². The van der Waals surface area contributed by atoms with E-state index in [1.165, 1.54) is 0 Å². The fourth-order valence-electron chi connectivity index (χ4n) is 3.63. The van der Waals surface area contributed by atoms with E-state index in [0.29, 0.717) is 13.1 Å². The van der Waals surface area contributed by atoms with Crippen molar-refractivity contribution in [1.29, 1.82) is 0 Å². The van der Waals surface area contributed by atoms with Crippen LogP contribution in [0.4, 0.5) is 4.79 Å². The highest BCUT2D eigenvalue weighted by Gasteiger charge is 2.27. The smallest absolute Gasteiger partial charge is 0.317 e. The second-order valence-corrected chi connectivity index (χ2v) is 7.23. The summed E-state index contributed by atoms with van der Waals surface area (Å²) in [7, 11) is 0. The largest absolute Gasteiger partial charge is 0.334 e. The number of piperidine rings is 1. The van der Waals surface area contributed by atoms with Crippen LogP contribution in [-0.2, 0) is 6.54 Å². The molecule has 3 aromatic rings. The molecule has 1 saturated heterocycles. The highest BCUT2D eigenvalue weighted by molar-refractivity contribution is 5.74. The number of aromatic nitrogens is 5. The second-order valence-electron chi connectivity index (χ2n) is 7.23. The number of rotatable bonds is 4. The van der Waals surface area contributed by atoms with Crippen molar-refractivity contribution in [3.63, 3.8) is 0 Å². The zero-order valence-electron chi connectivity index (χ0n) is 16.2. The molecule has 0 bridgehead atoms. The molecule has 0 spiro atoms. The molecular formula is C20H25N7O. The number of aryl methyl sites for hydroxylation is 2. The van der Waals surface area contributed by atoms with Crippen LogP contribution in [0.25, 0.3) is 5.69 Å². The predicted octanol–water partition coefficient (Wildman–Crippen LogP) is 2.70. The number of hydrogen-bond donors (Lipinski definition) is 2. The molecule has 0 unspecified atom stereocenters. The first kappa shape index (κ1) is 18.2. The van der Waals surface area contributed by atoms with Gasteiger partial charge in [-0.2, -0.15) is 5.10 Å².